The molecule has 0 aliphatic rings. The number of carboxylic acids is 1. The van der Waals surface area contributed by atoms with Gasteiger partial charge in [0.25, 0.3) is 0 Å². The maximum Gasteiger partial charge on any atom is 0.331 e. The van der Waals surface area contributed by atoms with Gasteiger partial charge in [0.05, 0.1) is 0 Å². The largest absolute Gasteiger partial charge is 0.478 e. The molecule has 0 radical (unpaired) electrons. The standard InChI is InChI=1S/C7H10O3/c1-3-6(7(9)10)4-5(2)8/h4H,3H2,1-2H3,(H,9,10). The van der Waals surface area contributed by atoms with Gasteiger partial charge in [-0.05, 0) is 19.4 Å². The summed E-state index contributed by atoms with van der Waals surface area (Å²) in [5.41, 5.74) is 0.160. The maximum absolute atomic E-state index is 10.4. The van der Waals surface area contributed by atoms with Gasteiger partial charge in [-0.15, -0.1) is 0 Å². The Bertz CT molecular complexity index is 179. The molecule has 0 saturated carbocycles. The van der Waals surface area contributed by atoms with Crippen LogP contribution in [0.2, 0.25) is 0 Å². The van der Waals surface area contributed by atoms with Crippen LogP contribution in [0.15, 0.2) is 11.6 Å². The van der Waals surface area contributed by atoms with E-state index in [0.717, 1.165) is 6.08 Å². The second-order valence-corrected chi connectivity index (χ2v) is 1.94. The maximum atomic E-state index is 10.4. The minimum atomic E-state index is -1.02. The predicted octanol–water partition coefficient (Wildman–Crippen LogP) is 0.996. The van der Waals surface area contributed by atoms with Crippen LogP contribution in [0.5, 0.6) is 0 Å². The zero-order chi connectivity index (χ0) is 8.15. The number of allylic oxidation sites excluding steroid dienone is 1. The first-order valence-electron chi connectivity index (χ1n) is 3.02. The van der Waals surface area contributed by atoms with Crippen LogP contribution >= 0.6 is 0 Å². The van der Waals surface area contributed by atoms with Crippen LogP contribution in [0.1, 0.15) is 20.3 Å². The molecule has 0 rings (SSSR count). The molecule has 3 nitrogen and oxygen atoms in total. The van der Waals surface area contributed by atoms with Gasteiger partial charge in [-0.1, -0.05) is 6.92 Å². The van der Waals surface area contributed by atoms with Crippen molar-refractivity contribution in [2.45, 2.75) is 20.3 Å². The molecule has 0 aromatic heterocycles. The highest BCUT2D eigenvalue weighted by Gasteiger charge is 2.03. The molecular weight excluding hydrogens is 132 g/mol. The summed E-state index contributed by atoms with van der Waals surface area (Å²) in [6, 6.07) is 0. The number of carboxylic acid groups (broad SMARTS) is 1. The van der Waals surface area contributed by atoms with Crippen molar-refractivity contribution < 1.29 is 14.7 Å². The van der Waals surface area contributed by atoms with Crippen LogP contribution in [-0.4, -0.2) is 16.9 Å². The predicted molar refractivity (Wildman–Crippen MR) is 36.7 cm³/mol. The number of carbonyl (C=O) groups is 2. The van der Waals surface area contributed by atoms with Gasteiger partial charge in [0.2, 0.25) is 0 Å². The van der Waals surface area contributed by atoms with E-state index in [1.807, 2.05) is 0 Å². The number of ketones is 1. The van der Waals surface area contributed by atoms with Gasteiger partial charge in [0, 0.05) is 5.57 Å². The molecule has 0 aliphatic heterocycles. The van der Waals surface area contributed by atoms with Crippen molar-refractivity contribution in [3.05, 3.63) is 11.6 Å². The first kappa shape index (κ1) is 8.88. The number of rotatable bonds is 3. The van der Waals surface area contributed by atoms with E-state index in [1.54, 1.807) is 6.92 Å². The fraction of sp³-hybridized carbons (Fsp3) is 0.429. The molecule has 1 N–H and O–H groups in total. The molecule has 0 atom stereocenters. The lowest BCUT2D eigenvalue weighted by atomic mass is 10.2. The van der Waals surface area contributed by atoms with Crippen molar-refractivity contribution in [3.63, 3.8) is 0 Å². The average molecular weight is 142 g/mol. The molecule has 0 unspecified atom stereocenters. The van der Waals surface area contributed by atoms with E-state index in [9.17, 15) is 9.59 Å². The normalized spacial score (nSPS) is 11.2. The Hall–Kier alpha value is -1.12. The van der Waals surface area contributed by atoms with Crippen molar-refractivity contribution in [3.8, 4) is 0 Å². The van der Waals surface area contributed by atoms with E-state index in [-0.39, 0.29) is 11.4 Å². The van der Waals surface area contributed by atoms with Gasteiger partial charge in [0.1, 0.15) is 0 Å². The summed E-state index contributed by atoms with van der Waals surface area (Å²) >= 11 is 0. The Morgan fingerprint density at radius 1 is 1.50 bits per heavy atom. The lowest BCUT2D eigenvalue weighted by Crippen LogP contribution is -2.01. The van der Waals surface area contributed by atoms with Crippen LogP contribution in [0, 0.1) is 0 Å². The Morgan fingerprint density at radius 3 is 2.10 bits per heavy atom. The van der Waals surface area contributed by atoms with Gasteiger partial charge < -0.3 is 5.11 Å². The molecule has 0 heterocycles. The van der Waals surface area contributed by atoms with Crippen LogP contribution in [0.3, 0.4) is 0 Å². The molecule has 10 heavy (non-hydrogen) atoms. The van der Waals surface area contributed by atoms with E-state index in [0.29, 0.717) is 6.42 Å². The van der Waals surface area contributed by atoms with Gasteiger partial charge in [-0.3, -0.25) is 4.79 Å². The Labute approximate surface area is 59.4 Å². The Balaban J connectivity index is 4.34. The second kappa shape index (κ2) is 3.82. The molecule has 0 saturated heterocycles. The molecule has 56 valence electrons. The molecule has 0 fully saturated rings. The lowest BCUT2D eigenvalue weighted by molar-refractivity contribution is -0.133. The SMILES string of the molecule is CCC(=CC(C)=O)C(=O)O. The van der Waals surface area contributed by atoms with Gasteiger partial charge in [-0.25, -0.2) is 4.79 Å². The minimum Gasteiger partial charge on any atom is -0.478 e. The third kappa shape index (κ3) is 3.02. The molecule has 0 spiro atoms. The van der Waals surface area contributed by atoms with E-state index in [2.05, 4.69) is 0 Å². The summed E-state index contributed by atoms with van der Waals surface area (Å²) in [6.07, 6.45) is 1.53. The topological polar surface area (TPSA) is 54.4 Å². The molecule has 0 bridgehead atoms. The molecule has 0 aliphatic carbocycles. The zero-order valence-corrected chi connectivity index (χ0v) is 6.05. The highest BCUT2D eigenvalue weighted by Crippen LogP contribution is 1.99. The van der Waals surface area contributed by atoms with Crippen molar-refractivity contribution in [1.29, 1.82) is 0 Å². The van der Waals surface area contributed by atoms with Crippen molar-refractivity contribution in [2.24, 2.45) is 0 Å². The van der Waals surface area contributed by atoms with Gasteiger partial charge in [-0.2, -0.15) is 0 Å². The summed E-state index contributed by atoms with van der Waals surface area (Å²) < 4.78 is 0. The third-order valence-corrected chi connectivity index (χ3v) is 1.03. The highest BCUT2D eigenvalue weighted by molar-refractivity contribution is 5.97. The number of carbonyl (C=O) groups excluding carboxylic acids is 1. The summed E-state index contributed by atoms with van der Waals surface area (Å²) in [5.74, 6) is -1.24. The van der Waals surface area contributed by atoms with Gasteiger partial charge in [0.15, 0.2) is 5.78 Å². The second-order valence-electron chi connectivity index (χ2n) is 1.94. The van der Waals surface area contributed by atoms with Crippen molar-refractivity contribution >= 4 is 11.8 Å². The third-order valence-electron chi connectivity index (χ3n) is 1.03. The highest BCUT2D eigenvalue weighted by atomic mass is 16.4. The molecular formula is C7H10O3. The van der Waals surface area contributed by atoms with Crippen LogP contribution < -0.4 is 0 Å². The molecule has 0 amide bonds. The molecule has 0 aromatic carbocycles. The first-order valence-corrected chi connectivity index (χ1v) is 3.02. The number of aliphatic carboxylic acids is 1. The minimum absolute atomic E-state index is 0.160. The number of hydrogen-bond donors (Lipinski definition) is 1. The van der Waals surface area contributed by atoms with Crippen LogP contribution in [-0.2, 0) is 9.59 Å². The fourth-order valence-electron chi connectivity index (χ4n) is 0.560. The van der Waals surface area contributed by atoms with Crippen molar-refractivity contribution in [1.82, 2.24) is 0 Å². The van der Waals surface area contributed by atoms with Gasteiger partial charge >= 0.3 is 5.97 Å². The first-order chi connectivity index (χ1) is 4.57. The van der Waals surface area contributed by atoms with E-state index < -0.39 is 5.97 Å². The summed E-state index contributed by atoms with van der Waals surface area (Å²) in [7, 11) is 0. The lowest BCUT2D eigenvalue weighted by Gasteiger charge is -1.93. The smallest absolute Gasteiger partial charge is 0.331 e. The summed E-state index contributed by atoms with van der Waals surface area (Å²) in [6.45, 7) is 3.03. The van der Waals surface area contributed by atoms with E-state index in [1.165, 1.54) is 6.92 Å². The molecule has 0 aromatic rings. The summed E-state index contributed by atoms with van der Waals surface area (Å²) in [5, 5.41) is 8.40. The Morgan fingerprint density at radius 2 is 2.00 bits per heavy atom. The van der Waals surface area contributed by atoms with Crippen LogP contribution in [0.25, 0.3) is 0 Å². The quantitative estimate of drug-likeness (QED) is 0.598. The number of hydrogen-bond acceptors (Lipinski definition) is 2. The fourth-order valence-corrected chi connectivity index (χ4v) is 0.560. The van der Waals surface area contributed by atoms with E-state index >= 15 is 0 Å². The monoisotopic (exact) mass is 142 g/mol. The average Bonchev–Trinajstić information content (AvgIpc) is 1.81. The van der Waals surface area contributed by atoms with Crippen LogP contribution in [0.4, 0.5) is 0 Å². The Kier molecular flexibility index (Phi) is 3.39. The molecule has 3 heteroatoms. The summed E-state index contributed by atoms with van der Waals surface area (Å²) in [4.78, 5) is 20.6. The van der Waals surface area contributed by atoms with Crippen molar-refractivity contribution in [2.75, 3.05) is 0 Å². The van der Waals surface area contributed by atoms with E-state index in [4.69, 9.17) is 5.11 Å². The zero-order valence-electron chi connectivity index (χ0n) is 6.05.